The van der Waals surface area contributed by atoms with E-state index in [1.165, 1.54) is 6.92 Å². The van der Waals surface area contributed by atoms with Crippen LogP contribution in [-0.2, 0) is 22.6 Å². The summed E-state index contributed by atoms with van der Waals surface area (Å²) in [7, 11) is 0. The highest BCUT2D eigenvalue weighted by Gasteiger charge is 2.33. The van der Waals surface area contributed by atoms with Crippen LogP contribution in [0.4, 0.5) is 5.82 Å². The monoisotopic (exact) mass is 453 g/mol. The maximum atomic E-state index is 12.9. The number of nitriles is 1. The molecule has 1 aliphatic heterocycles. The lowest BCUT2D eigenvalue weighted by atomic mass is 9.85. The first-order valence-electron chi connectivity index (χ1n) is 11.0. The first-order chi connectivity index (χ1) is 15.2. The average molecular weight is 454 g/mol. The number of hydrogen-bond donors (Lipinski definition) is 2. The number of pyridine rings is 1. The van der Waals surface area contributed by atoms with Gasteiger partial charge in [-0.15, -0.1) is 0 Å². The van der Waals surface area contributed by atoms with Gasteiger partial charge >= 0.3 is 0 Å². The third-order valence-corrected chi connectivity index (χ3v) is 6.71. The molecule has 2 N–H and O–H groups in total. The van der Waals surface area contributed by atoms with Crippen molar-refractivity contribution in [2.24, 2.45) is 11.3 Å². The molecule has 0 radical (unpaired) electrons. The smallest absolute Gasteiger partial charge is 0.228 e. The van der Waals surface area contributed by atoms with E-state index in [1.807, 2.05) is 6.07 Å². The van der Waals surface area contributed by atoms with E-state index in [0.717, 1.165) is 49.0 Å². The fourth-order valence-corrected chi connectivity index (χ4v) is 5.22. The minimum Gasteiger partial charge on any atom is -0.354 e. The van der Waals surface area contributed by atoms with Gasteiger partial charge in [0.25, 0.3) is 0 Å². The predicted octanol–water partition coefficient (Wildman–Crippen LogP) is 4.29. The molecule has 4 rings (SSSR count). The molecule has 2 aromatic heterocycles. The molecule has 1 saturated carbocycles. The summed E-state index contributed by atoms with van der Waals surface area (Å²) in [5.74, 6) is 0.0971. The zero-order valence-corrected chi connectivity index (χ0v) is 19.4. The number of carbonyl (C=O) groups is 2. The number of hydrogen-bond acceptors (Lipinski definition) is 4. The Morgan fingerprint density at radius 1 is 1.28 bits per heavy atom. The molecule has 2 aromatic rings. The van der Waals surface area contributed by atoms with E-state index < -0.39 is 0 Å². The zero-order valence-electron chi connectivity index (χ0n) is 18.7. The molecule has 0 aromatic carbocycles. The van der Waals surface area contributed by atoms with Gasteiger partial charge in [0.1, 0.15) is 17.6 Å². The molecular formula is C24H28ClN5O2. The van der Waals surface area contributed by atoms with Crippen LogP contribution in [0.1, 0.15) is 57.8 Å². The van der Waals surface area contributed by atoms with Crippen LogP contribution in [-0.4, -0.2) is 27.4 Å². The van der Waals surface area contributed by atoms with Crippen molar-refractivity contribution >= 4 is 29.2 Å². The van der Waals surface area contributed by atoms with Gasteiger partial charge in [-0.05, 0) is 43.2 Å². The van der Waals surface area contributed by atoms with Gasteiger partial charge in [-0.1, -0.05) is 31.9 Å². The number of carbonyl (C=O) groups excluding carboxylic acids is 2. The Labute approximate surface area is 193 Å². The van der Waals surface area contributed by atoms with Crippen LogP contribution in [0.2, 0.25) is 5.02 Å². The maximum Gasteiger partial charge on any atom is 0.228 e. The maximum absolute atomic E-state index is 12.9. The van der Waals surface area contributed by atoms with Crippen LogP contribution in [0, 0.1) is 22.7 Å². The number of anilines is 1. The molecule has 2 amide bonds. The summed E-state index contributed by atoms with van der Waals surface area (Å²) < 4.78 is 2.06. The predicted molar refractivity (Wildman–Crippen MR) is 123 cm³/mol. The van der Waals surface area contributed by atoms with E-state index in [2.05, 4.69) is 40.1 Å². The molecule has 0 saturated heterocycles. The second kappa shape index (κ2) is 8.59. The molecule has 7 nitrogen and oxygen atoms in total. The number of nitrogens with one attached hydrogen (secondary N) is 2. The van der Waals surface area contributed by atoms with E-state index in [-0.39, 0.29) is 29.2 Å². The fourth-order valence-electron chi connectivity index (χ4n) is 5.01. The summed E-state index contributed by atoms with van der Waals surface area (Å²) in [4.78, 5) is 28.6. The molecule has 3 heterocycles. The van der Waals surface area contributed by atoms with Gasteiger partial charge in [0.05, 0.1) is 5.02 Å². The van der Waals surface area contributed by atoms with Gasteiger partial charge in [-0.25, -0.2) is 4.98 Å². The molecule has 2 atom stereocenters. The van der Waals surface area contributed by atoms with E-state index in [4.69, 9.17) is 11.6 Å². The molecule has 1 aliphatic carbocycles. The minimum atomic E-state index is -0.175. The van der Waals surface area contributed by atoms with Crippen molar-refractivity contribution in [3.63, 3.8) is 0 Å². The molecule has 32 heavy (non-hydrogen) atoms. The normalized spacial score (nSPS) is 21.5. The second-order valence-corrected chi connectivity index (χ2v) is 10.1. The molecule has 2 unspecified atom stereocenters. The fraction of sp³-hybridized carbons (Fsp3) is 0.500. The number of nitrogens with zero attached hydrogens (tertiary/aromatic N) is 3. The third-order valence-electron chi connectivity index (χ3n) is 6.40. The number of fused-ring (bicyclic) bond motifs is 1. The van der Waals surface area contributed by atoms with Gasteiger partial charge in [-0.2, -0.15) is 5.26 Å². The highest BCUT2D eigenvalue weighted by atomic mass is 35.5. The quantitative estimate of drug-likeness (QED) is 0.721. The van der Waals surface area contributed by atoms with Crippen molar-refractivity contribution in [3.05, 3.63) is 34.7 Å². The molecule has 8 heteroatoms. The van der Waals surface area contributed by atoms with Crippen molar-refractivity contribution in [1.29, 1.82) is 5.26 Å². The first-order valence-corrected chi connectivity index (χ1v) is 11.4. The Morgan fingerprint density at radius 2 is 2.06 bits per heavy atom. The van der Waals surface area contributed by atoms with E-state index in [9.17, 15) is 14.9 Å². The average Bonchev–Trinajstić information content (AvgIpc) is 3.21. The lowest BCUT2D eigenvalue weighted by Gasteiger charge is -2.28. The summed E-state index contributed by atoms with van der Waals surface area (Å²) in [6.45, 7) is 6.65. The molecule has 0 bridgehead atoms. The number of amides is 2. The number of halogens is 1. The van der Waals surface area contributed by atoms with E-state index >= 15 is 0 Å². The van der Waals surface area contributed by atoms with Crippen LogP contribution in [0.25, 0.3) is 11.1 Å². The van der Waals surface area contributed by atoms with E-state index in [1.54, 1.807) is 12.3 Å². The molecule has 168 valence electrons. The lowest BCUT2D eigenvalue weighted by Crippen LogP contribution is -2.40. The SMILES string of the molecule is CC(=O)NC1CCCC(C(=O)Nc2cc(-c3cc(C#N)n4c3CC(C)(C)C4)c(Cl)cn2)C1. The summed E-state index contributed by atoms with van der Waals surface area (Å²) >= 11 is 6.50. The van der Waals surface area contributed by atoms with Crippen molar-refractivity contribution in [2.75, 3.05) is 5.32 Å². The largest absolute Gasteiger partial charge is 0.354 e. The lowest BCUT2D eigenvalue weighted by molar-refractivity contribution is -0.123. The Balaban J connectivity index is 1.57. The Morgan fingerprint density at radius 3 is 2.78 bits per heavy atom. The van der Waals surface area contributed by atoms with Crippen LogP contribution in [0.5, 0.6) is 0 Å². The Kier molecular flexibility index (Phi) is 6.00. The molecule has 0 spiro atoms. The Bertz CT molecular complexity index is 1110. The van der Waals surface area contributed by atoms with Crippen LogP contribution in [0.3, 0.4) is 0 Å². The Hall–Kier alpha value is -2.85. The highest BCUT2D eigenvalue weighted by Crippen LogP contribution is 2.42. The van der Waals surface area contributed by atoms with Crippen LogP contribution in [0.15, 0.2) is 18.3 Å². The van der Waals surface area contributed by atoms with Gasteiger partial charge in [0.15, 0.2) is 0 Å². The highest BCUT2D eigenvalue weighted by molar-refractivity contribution is 6.33. The zero-order chi connectivity index (χ0) is 23.0. The number of aromatic nitrogens is 2. The van der Waals surface area contributed by atoms with Gasteiger partial charge in [0, 0.05) is 48.4 Å². The topological polar surface area (TPSA) is 99.8 Å². The third kappa shape index (κ3) is 4.51. The molecule has 2 aliphatic rings. The molecule has 1 fully saturated rings. The number of rotatable bonds is 4. The van der Waals surface area contributed by atoms with Crippen molar-refractivity contribution in [1.82, 2.24) is 14.9 Å². The summed E-state index contributed by atoms with van der Waals surface area (Å²) in [6.07, 6.45) is 5.59. The van der Waals surface area contributed by atoms with Crippen molar-refractivity contribution in [2.45, 2.75) is 65.5 Å². The summed E-state index contributed by atoms with van der Waals surface area (Å²) in [5.41, 5.74) is 3.45. The van der Waals surface area contributed by atoms with Gasteiger partial charge < -0.3 is 15.2 Å². The summed E-state index contributed by atoms with van der Waals surface area (Å²) in [5, 5.41) is 15.9. The minimum absolute atomic E-state index is 0.0300. The summed E-state index contributed by atoms with van der Waals surface area (Å²) in [6, 6.07) is 5.98. The van der Waals surface area contributed by atoms with E-state index in [0.29, 0.717) is 23.0 Å². The van der Waals surface area contributed by atoms with Gasteiger partial charge in [0.2, 0.25) is 11.8 Å². The van der Waals surface area contributed by atoms with Crippen LogP contribution >= 0.6 is 11.6 Å². The molecular weight excluding hydrogens is 426 g/mol. The van der Waals surface area contributed by atoms with Crippen molar-refractivity contribution < 1.29 is 9.59 Å². The standard InChI is InChI=1S/C24H28ClN5O2/c1-14(31)28-16-6-4-5-15(7-16)23(32)29-22-9-18(20(25)12-27-22)19-8-17(11-26)30-13-24(2,3)10-21(19)30/h8-9,12,15-16H,4-7,10,13H2,1-3H3,(H,28,31)(H,27,29,32). The van der Waals surface area contributed by atoms with Crippen LogP contribution < -0.4 is 10.6 Å². The van der Waals surface area contributed by atoms with Crippen molar-refractivity contribution in [3.8, 4) is 17.2 Å². The second-order valence-electron chi connectivity index (χ2n) is 9.73. The first kappa shape index (κ1) is 22.3. The van der Waals surface area contributed by atoms with Gasteiger partial charge in [-0.3, -0.25) is 9.59 Å².